The molecule has 138 valence electrons. The first-order valence-electron chi connectivity index (χ1n) is 8.26. The molecule has 0 atom stereocenters. The molecule has 9 heteroatoms. The van der Waals surface area contributed by atoms with Crippen LogP contribution in [0.4, 0.5) is 5.00 Å². The molecule has 0 N–H and O–H groups in total. The normalized spacial score (nSPS) is 15.6. The largest absolute Gasteiger partial charge is 0.465 e. The SMILES string of the molecule is CCOC(=O)C(C=Nc1cnc(CN2CCOCC2)s1)C(=O)OCC. The summed E-state index contributed by atoms with van der Waals surface area (Å²) in [6.45, 7) is 7.70. The van der Waals surface area contributed by atoms with Gasteiger partial charge in [0.1, 0.15) is 10.0 Å². The lowest BCUT2D eigenvalue weighted by molar-refractivity contribution is -0.157. The zero-order valence-corrected chi connectivity index (χ0v) is 15.3. The molecule has 0 radical (unpaired) electrons. The third-order valence-corrected chi connectivity index (χ3v) is 4.33. The van der Waals surface area contributed by atoms with Gasteiger partial charge in [0.05, 0.1) is 39.2 Å². The highest BCUT2D eigenvalue weighted by molar-refractivity contribution is 7.15. The van der Waals surface area contributed by atoms with Crippen LogP contribution in [0.15, 0.2) is 11.2 Å². The van der Waals surface area contributed by atoms with Crippen molar-refractivity contribution in [3.63, 3.8) is 0 Å². The van der Waals surface area contributed by atoms with Gasteiger partial charge in [0.15, 0.2) is 5.92 Å². The highest BCUT2D eigenvalue weighted by Crippen LogP contribution is 2.23. The van der Waals surface area contributed by atoms with Gasteiger partial charge in [-0.15, -0.1) is 0 Å². The number of hydrogen-bond acceptors (Lipinski definition) is 9. The Bertz CT molecular complexity index is 580. The van der Waals surface area contributed by atoms with E-state index in [0.29, 0.717) is 5.00 Å². The number of carbonyl (C=O) groups excluding carboxylic acids is 2. The first-order valence-corrected chi connectivity index (χ1v) is 9.08. The van der Waals surface area contributed by atoms with Crippen LogP contribution < -0.4 is 0 Å². The maximum Gasteiger partial charge on any atom is 0.325 e. The summed E-state index contributed by atoms with van der Waals surface area (Å²) in [6, 6.07) is 0. The van der Waals surface area contributed by atoms with Crippen molar-refractivity contribution in [2.45, 2.75) is 20.4 Å². The Morgan fingerprint density at radius 3 is 2.56 bits per heavy atom. The predicted molar refractivity (Wildman–Crippen MR) is 93.1 cm³/mol. The molecule has 0 amide bonds. The van der Waals surface area contributed by atoms with E-state index in [0.717, 1.165) is 37.9 Å². The molecule has 8 nitrogen and oxygen atoms in total. The van der Waals surface area contributed by atoms with Crippen LogP contribution in [0.1, 0.15) is 18.9 Å². The molecule has 2 rings (SSSR count). The van der Waals surface area contributed by atoms with Crippen molar-refractivity contribution in [1.82, 2.24) is 9.88 Å². The monoisotopic (exact) mass is 369 g/mol. The van der Waals surface area contributed by atoms with Crippen LogP contribution in [0.5, 0.6) is 0 Å². The van der Waals surface area contributed by atoms with Gasteiger partial charge in [0.25, 0.3) is 0 Å². The van der Waals surface area contributed by atoms with E-state index in [9.17, 15) is 9.59 Å². The number of nitrogens with zero attached hydrogens (tertiary/aromatic N) is 3. The van der Waals surface area contributed by atoms with E-state index in [4.69, 9.17) is 14.2 Å². The van der Waals surface area contributed by atoms with Gasteiger partial charge in [-0.25, -0.2) is 9.98 Å². The molecular formula is C16H23N3O5S. The molecule has 1 aromatic rings. The Morgan fingerprint density at radius 1 is 1.32 bits per heavy atom. The average molecular weight is 369 g/mol. The maximum atomic E-state index is 11.9. The summed E-state index contributed by atoms with van der Waals surface area (Å²) in [6.07, 6.45) is 2.90. The van der Waals surface area contributed by atoms with Gasteiger partial charge >= 0.3 is 11.9 Å². The minimum atomic E-state index is -1.16. The van der Waals surface area contributed by atoms with Crippen LogP contribution in [0, 0.1) is 5.92 Å². The molecule has 0 spiro atoms. The summed E-state index contributed by atoms with van der Waals surface area (Å²) in [4.78, 5) is 34.6. The van der Waals surface area contributed by atoms with E-state index >= 15 is 0 Å². The number of carbonyl (C=O) groups is 2. The molecule has 0 unspecified atom stereocenters. The molecule has 1 saturated heterocycles. The molecule has 2 heterocycles. The molecule has 1 aliphatic heterocycles. The van der Waals surface area contributed by atoms with Gasteiger partial charge in [-0.2, -0.15) is 0 Å². The molecule has 1 aliphatic rings. The van der Waals surface area contributed by atoms with E-state index in [2.05, 4.69) is 14.9 Å². The second-order valence-corrected chi connectivity index (χ2v) is 6.33. The fourth-order valence-electron chi connectivity index (χ4n) is 2.21. The van der Waals surface area contributed by atoms with Gasteiger partial charge < -0.3 is 14.2 Å². The van der Waals surface area contributed by atoms with Gasteiger partial charge in [-0.3, -0.25) is 14.5 Å². The molecule has 0 saturated carbocycles. The quantitative estimate of drug-likeness (QED) is 0.389. The van der Waals surface area contributed by atoms with Crippen LogP contribution in [0.25, 0.3) is 0 Å². The van der Waals surface area contributed by atoms with Crippen molar-refractivity contribution in [1.29, 1.82) is 0 Å². The Balaban J connectivity index is 1.99. The molecule has 0 aliphatic carbocycles. The Hall–Kier alpha value is -1.84. The second kappa shape index (κ2) is 10.2. The lowest BCUT2D eigenvalue weighted by Gasteiger charge is -2.25. The van der Waals surface area contributed by atoms with Crippen LogP contribution in [-0.2, 0) is 30.3 Å². The van der Waals surface area contributed by atoms with Gasteiger partial charge in [0, 0.05) is 19.3 Å². The van der Waals surface area contributed by atoms with E-state index < -0.39 is 17.9 Å². The summed E-state index contributed by atoms with van der Waals surface area (Å²) in [5, 5.41) is 1.56. The van der Waals surface area contributed by atoms with E-state index in [1.165, 1.54) is 17.6 Å². The average Bonchev–Trinajstić information content (AvgIpc) is 3.04. The number of hydrogen-bond donors (Lipinski definition) is 0. The molecular weight excluding hydrogens is 346 g/mol. The number of aliphatic imine (C=N–C) groups is 1. The number of esters is 2. The molecule has 0 bridgehead atoms. The third kappa shape index (κ3) is 6.18. The minimum Gasteiger partial charge on any atom is -0.465 e. The van der Waals surface area contributed by atoms with Crippen molar-refractivity contribution in [3.05, 3.63) is 11.2 Å². The van der Waals surface area contributed by atoms with Gasteiger partial charge in [-0.1, -0.05) is 11.3 Å². The topological polar surface area (TPSA) is 90.3 Å². The fraction of sp³-hybridized carbons (Fsp3) is 0.625. The van der Waals surface area contributed by atoms with Crippen molar-refractivity contribution in [3.8, 4) is 0 Å². The second-order valence-electron chi connectivity index (χ2n) is 5.24. The van der Waals surface area contributed by atoms with E-state index in [1.54, 1.807) is 20.0 Å². The Labute approximate surface area is 150 Å². The number of morpholine rings is 1. The zero-order valence-electron chi connectivity index (χ0n) is 14.5. The summed E-state index contributed by atoms with van der Waals surface area (Å²) >= 11 is 1.42. The maximum absolute atomic E-state index is 11.9. The van der Waals surface area contributed by atoms with E-state index in [1.807, 2.05) is 0 Å². The molecule has 1 aromatic heterocycles. The number of aromatic nitrogens is 1. The summed E-state index contributed by atoms with van der Waals surface area (Å²) in [7, 11) is 0. The number of thiazole rings is 1. The fourth-order valence-corrected chi connectivity index (χ4v) is 3.03. The van der Waals surface area contributed by atoms with Crippen LogP contribution in [0.3, 0.4) is 0 Å². The predicted octanol–water partition coefficient (Wildman–Crippen LogP) is 1.42. The Kier molecular flexibility index (Phi) is 7.96. The van der Waals surface area contributed by atoms with Crippen molar-refractivity contribution in [2.75, 3.05) is 39.5 Å². The van der Waals surface area contributed by atoms with Gasteiger partial charge in [-0.05, 0) is 13.8 Å². The number of rotatable bonds is 8. The van der Waals surface area contributed by atoms with Crippen LogP contribution in [-0.4, -0.2) is 67.6 Å². The van der Waals surface area contributed by atoms with Crippen LogP contribution >= 0.6 is 11.3 Å². The smallest absolute Gasteiger partial charge is 0.325 e. The first-order chi connectivity index (χ1) is 12.1. The van der Waals surface area contributed by atoms with Crippen molar-refractivity contribution in [2.24, 2.45) is 10.9 Å². The molecule has 25 heavy (non-hydrogen) atoms. The van der Waals surface area contributed by atoms with Crippen molar-refractivity contribution >= 4 is 34.5 Å². The number of ether oxygens (including phenoxy) is 3. The highest BCUT2D eigenvalue weighted by atomic mass is 32.1. The summed E-state index contributed by atoms with van der Waals surface area (Å²) in [5.74, 6) is -2.49. The summed E-state index contributed by atoms with van der Waals surface area (Å²) in [5.41, 5.74) is 0. The van der Waals surface area contributed by atoms with Crippen LogP contribution in [0.2, 0.25) is 0 Å². The Morgan fingerprint density at radius 2 is 1.96 bits per heavy atom. The highest BCUT2D eigenvalue weighted by Gasteiger charge is 2.27. The molecule has 0 aromatic carbocycles. The van der Waals surface area contributed by atoms with Crippen molar-refractivity contribution < 1.29 is 23.8 Å². The van der Waals surface area contributed by atoms with E-state index in [-0.39, 0.29) is 13.2 Å². The lowest BCUT2D eigenvalue weighted by Crippen LogP contribution is -2.35. The third-order valence-electron chi connectivity index (χ3n) is 3.44. The first kappa shape index (κ1) is 19.5. The zero-order chi connectivity index (χ0) is 18.1. The molecule has 1 fully saturated rings. The van der Waals surface area contributed by atoms with Gasteiger partial charge in [0.2, 0.25) is 0 Å². The summed E-state index contributed by atoms with van der Waals surface area (Å²) < 4.78 is 15.1. The standard InChI is InChI=1S/C16H23N3O5S/c1-3-23-15(20)12(16(21)24-4-2)9-17-13-10-18-14(25-13)11-19-5-7-22-8-6-19/h9-10,12H,3-8,11H2,1-2H3. The lowest BCUT2D eigenvalue weighted by atomic mass is 10.2. The minimum absolute atomic E-state index is 0.187.